The van der Waals surface area contributed by atoms with E-state index in [9.17, 15) is 9.90 Å². The van der Waals surface area contributed by atoms with Crippen LogP contribution in [0, 0.1) is 0 Å². The van der Waals surface area contributed by atoms with E-state index < -0.39 is 11.9 Å². The maximum atomic E-state index is 11.5. The number of hydrogen-bond acceptors (Lipinski definition) is 2. The molecule has 2 nitrogen and oxygen atoms in total. The molecule has 1 N–H and O–H groups in total. The summed E-state index contributed by atoms with van der Waals surface area (Å²) in [5, 5.41) is 9.46. The summed E-state index contributed by atoms with van der Waals surface area (Å²) in [6.45, 7) is 2.11. The molecule has 19 heavy (non-hydrogen) atoms. The summed E-state index contributed by atoms with van der Waals surface area (Å²) < 4.78 is 0.856. The first-order valence-electron chi connectivity index (χ1n) is 6.16. The second-order valence-corrected chi connectivity index (χ2v) is 6.45. The summed E-state index contributed by atoms with van der Waals surface area (Å²) in [5.41, 5.74) is 0.835. The van der Waals surface area contributed by atoms with Crippen LogP contribution < -0.4 is 0 Å². The molecule has 1 aromatic heterocycles. The van der Waals surface area contributed by atoms with Crippen molar-refractivity contribution in [1.29, 1.82) is 0 Å². The van der Waals surface area contributed by atoms with Gasteiger partial charge in [-0.3, -0.25) is 4.79 Å². The van der Waals surface area contributed by atoms with Crippen LogP contribution >= 0.6 is 27.3 Å². The zero-order valence-corrected chi connectivity index (χ0v) is 13.0. The predicted octanol–water partition coefficient (Wildman–Crippen LogP) is 4.48. The van der Waals surface area contributed by atoms with Crippen molar-refractivity contribution < 1.29 is 9.90 Å². The molecule has 0 radical (unpaired) electrons. The zero-order valence-electron chi connectivity index (χ0n) is 10.6. The predicted molar refractivity (Wildman–Crippen MR) is 81.9 cm³/mol. The highest BCUT2D eigenvalue weighted by atomic mass is 79.9. The second kappa shape index (κ2) is 6.35. The Balaban J connectivity index is 2.26. The molecule has 0 fully saturated rings. The highest BCUT2D eigenvalue weighted by molar-refractivity contribution is 9.10. The van der Waals surface area contributed by atoms with Crippen LogP contribution in [0.15, 0.2) is 40.9 Å². The van der Waals surface area contributed by atoms with E-state index in [-0.39, 0.29) is 0 Å². The van der Waals surface area contributed by atoms with Gasteiger partial charge in [0, 0.05) is 14.2 Å². The highest BCUT2D eigenvalue weighted by Crippen LogP contribution is 2.30. The number of hydrogen-bond donors (Lipinski definition) is 1. The number of carboxylic acids is 1. The lowest BCUT2D eigenvalue weighted by Gasteiger charge is -2.13. The van der Waals surface area contributed by atoms with Gasteiger partial charge in [0.1, 0.15) is 0 Å². The Kier molecular flexibility index (Phi) is 4.77. The third-order valence-electron chi connectivity index (χ3n) is 3.05. The number of aryl methyl sites for hydroxylation is 1. The summed E-state index contributed by atoms with van der Waals surface area (Å²) in [5.74, 6) is -1.28. The van der Waals surface area contributed by atoms with Crippen LogP contribution in [0.25, 0.3) is 0 Å². The maximum Gasteiger partial charge on any atom is 0.311 e. The largest absolute Gasteiger partial charge is 0.481 e. The fraction of sp³-hybridized carbons (Fsp3) is 0.267. The number of aliphatic carboxylic acids is 1. The van der Waals surface area contributed by atoms with Gasteiger partial charge in [-0.05, 0) is 36.6 Å². The van der Waals surface area contributed by atoms with Crippen LogP contribution in [0.2, 0.25) is 0 Å². The quantitative estimate of drug-likeness (QED) is 0.872. The first-order chi connectivity index (χ1) is 9.11. The maximum absolute atomic E-state index is 11.5. The lowest BCUT2D eigenvalue weighted by Crippen LogP contribution is -2.14. The van der Waals surface area contributed by atoms with E-state index in [4.69, 9.17) is 0 Å². The molecule has 4 heteroatoms. The third kappa shape index (κ3) is 3.45. The Morgan fingerprint density at radius 2 is 1.95 bits per heavy atom. The van der Waals surface area contributed by atoms with Crippen molar-refractivity contribution in [1.82, 2.24) is 0 Å². The van der Waals surface area contributed by atoms with Gasteiger partial charge in [0.15, 0.2) is 0 Å². The molecule has 1 unspecified atom stereocenters. The van der Waals surface area contributed by atoms with E-state index >= 15 is 0 Å². The molecule has 0 aliphatic heterocycles. The van der Waals surface area contributed by atoms with Crippen molar-refractivity contribution in [3.63, 3.8) is 0 Å². The molecule has 0 aliphatic carbocycles. The number of halogens is 1. The molecule has 0 aliphatic rings. The summed E-state index contributed by atoms with van der Waals surface area (Å²) >= 11 is 5.14. The van der Waals surface area contributed by atoms with Gasteiger partial charge < -0.3 is 5.11 Å². The van der Waals surface area contributed by atoms with Gasteiger partial charge >= 0.3 is 5.97 Å². The minimum Gasteiger partial charge on any atom is -0.481 e. The van der Waals surface area contributed by atoms with Gasteiger partial charge in [0.05, 0.1) is 5.92 Å². The number of benzene rings is 1. The molecule has 0 bridgehead atoms. The molecule has 100 valence electrons. The zero-order chi connectivity index (χ0) is 13.8. The fourth-order valence-corrected chi connectivity index (χ4v) is 3.58. The number of thiophene rings is 1. The second-order valence-electron chi connectivity index (χ2n) is 4.34. The van der Waals surface area contributed by atoms with Gasteiger partial charge in [-0.15, -0.1) is 11.3 Å². The molecule has 1 heterocycles. The number of carbonyl (C=O) groups is 1. The Morgan fingerprint density at radius 1 is 1.26 bits per heavy atom. The molecule has 2 aromatic rings. The van der Waals surface area contributed by atoms with Crippen molar-refractivity contribution in [2.24, 2.45) is 0 Å². The molecular formula is C15H15BrO2S. The average Bonchev–Trinajstić information content (AvgIpc) is 2.84. The van der Waals surface area contributed by atoms with Gasteiger partial charge in [-0.2, -0.15) is 0 Å². The van der Waals surface area contributed by atoms with Crippen LogP contribution in [-0.2, 0) is 17.6 Å². The van der Waals surface area contributed by atoms with Crippen molar-refractivity contribution in [3.8, 4) is 0 Å². The number of rotatable bonds is 5. The van der Waals surface area contributed by atoms with E-state index in [0.717, 1.165) is 21.3 Å². The minimum absolute atomic E-state index is 0.501. The molecule has 0 saturated heterocycles. The fourth-order valence-electron chi connectivity index (χ4n) is 2.01. The van der Waals surface area contributed by atoms with Crippen molar-refractivity contribution >= 4 is 33.2 Å². The first kappa shape index (κ1) is 14.3. The molecule has 1 atom stereocenters. The number of carboxylic acid groups (broad SMARTS) is 1. The van der Waals surface area contributed by atoms with E-state index in [1.54, 1.807) is 11.3 Å². The van der Waals surface area contributed by atoms with E-state index in [1.807, 2.05) is 30.3 Å². The van der Waals surface area contributed by atoms with Crippen LogP contribution in [0.1, 0.15) is 28.2 Å². The molecule has 0 spiro atoms. The molecule has 2 rings (SSSR count). The first-order valence-corrected chi connectivity index (χ1v) is 7.77. The molecule has 1 aromatic carbocycles. The van der Waals surface area contributed by atoms with Gasteiger partial charge in [-0.1, -0.05) is 41.1 Å². The SMILES string of the molecule is CCc1ccc(CC(C(=O)O)c2ccccc2Br)s1. The molecular weight excluding hydrogens is 324 g/mol. The summed E-state index contributed by atoms with van der Waals surface area (Å²) in [6.07, 6.45) is 1.54. The standard InChI is InChI=1S/C15H15BrO2S/c1-2-10-7-8-11(19-10)9-13(15(17)18)12-5-3-4-6-14(12)16/h3-8,13H,2,9H2,1H3,(H,17,18). The highest BCUT2D eigenvalue weighted by Gasteiger charge is 2.23. The summed E-state index contributed by atoms with van der Waals surface area (Å²) in [7, 11) is 0. The Hall–Kier alpha value is -1.13. The van der Waals surface area contributed by atoms with Crippen LogP contribution in [-0.4, -0.2) is 11.1 Å². The van der Waals surface area contributed by atoms with E-state index in [2.05, 4.69) is 28.9 Å². The van der Waals surface area contributed by atoms with E-state index in [0.29, 0.717) is 6.42 Å². The molecule has 0 amide bonds. The lowest BCUT2D eigenvalue weighted by atomic mass is 9.95. The topological polar surface area (TPSA) is 37.3 Å². The Labute approximate surface area is 125 Å². The summed E-state index contributed by atoms with van der Waals surface area (Å²) in [6, 6.07) is 11.7. The van der Waals surface area contributed by atoms with Crippen LogP contribution in [0.4, 0.5) is 0 Å². The van der Waals surface area contributed by atoms with Crippen molar-refractivity contribution in [2.45, 2.75) is 25.7 Å². The van der Waals surface area contributed by atoms with E-state index in [1.165, 1.54) is 4.88 Å². The average molecular weight is 339 g/mol. The Morgan fingerprint density at radius 3 is 2.53 bits per heavy atom. The van der Waals surface area contributed by atoms with Gasteiger partial charge in [-0.25, -0.2) is 0 Å². The smallest absolute Gasteiger partial charge is 0.311 e. The van der Waals surface area contributed by atoms with Gasteiger partial charge in [0.25, 0.3) is 0 Å². The minimum atomic E-state index is -0.779. The van der Waals surface area contributed by atoms with Crippen LogP contribution in [0.3, 0.4) is 0 Å². The lowest BCUT2D eigenvalue weighted by molar-refractivity contribution is -0.138. The Bertz CT molecular complexity index is 577. The summed E-state index contributed by atoms with van der Waals surface area (Å²) in [4.78, 5) is 13.9. The van der Waals surface area contributed by atoms with Crippen molar-refractivity contribution in [3.05, 3.63) is 56.2 Å². The van der Waals surface area contributed by atoms with Crippen molar-refractivity contribution in [2.75, 3.05) is 0 Å². The monoisotopic (exact) mass is 338 g/mol. The van der Waals surface area contributed by atoms with Crippen LogP contribution in [0.5, 0.6) is 0 Å². The molecule has 0 saturated carbocycles. The normalized spacial score (nSPS) is 12.3. The van der Waals surface area contributed by atoms with Gasteiger partial charge in [0.2, 0.25) is 0 Å². The third-order valence-corrected chi connectivity index (χ3v) is 5.02.